The van der Waals surface area contributed by atoms with Crippen LogP contribution >= 0.6 is 0 Å². The number of halogens is 2. The van der Waals surface area contributed by atoms with Crippen LogP contribution in [0.1, 0.15) is 12.5 Å². The number of nitrogens with zero attached hydrogens (tertiary/aromatic N) is 2. The molecule has 35 heavy (non-hydrogen) atoms. The van der Waals surface area contributed by atoms with Crippen LogP contribution < -0.4 is 9.62 Å². The molecule has 184 valence electrons. The summed E-state index contributed by atoms with van der Waals surface area (Å²) in [5, 5.41) is 2.48. The SMILES string of the molecule is CNC(=O)C(C)N(Cc1ccc(F)cc1)C(=O)CN(c1ccc(F)cc1)S(=O)(=O)c1ccccc1. The lowest BCUT2D eigenvalue weighted by Gasteiger charge is -2.31. The van der Waals surface area contributed by atoms with Gasteiger partial charge in [0.2, 0.25) is 11.8 Å². The van der Waals surface area contributed by atoms with Crippen LogP contribution in [-0.4, -0.2) is 44.8 Å². The predicted molar refractivity (Wildman–Crippen MR) is 128 cm³/mol. The van der Waals surface area contributed by atoms with Crippen molar-refractivity contribution in [3.05, 3.63) is 96.1 Å². The summed E-state index contributed by atoms with van der Waals surface area (Å²) in [6.07, 6.45) is 0. The molecule has 0 saturated carbocycles. The Morgan fingerprint density at radius 3 is 1.97 bits per heavy atom. The molecule has 7 nitrogen and oxygen atoms in total. The van der Waals surface area contributed by atoms with E-state index < -0.39 is 46.1 Å². The van der Waals surface area contributed by atoms with E-state index in [9.17, 15) is 26.8 Å². The lowest BCUT2D eigenvalue weighted by molar-refractivity contribution is -0.139. The highest BCUT2D eigenvalue weighted by Crippen LogP contribution is 2.24. The highest BCUT2D eigenvalue weighted by Gasteiger charge is 2.32. The highest BCUT2D eigenvalue weighted by atomic mass is 32.2. The topological polar surface area (TPSA) is 86.8 Å². The van der Waals surface area contributed by atoms with Crippen molar-refractivity contribution in [1.29, 1.82) is 0 Å². The smallest absolute Gasteiger partial charge is 0.264 e. The second-order valence-electron chi connectivity index (χ2n) is 7.74. The zero-order chi connectivity index (χ0) is 25.6. The lowest BCUT2D eigenvalue weighted by Crippen LogP contribution is -2.50. The van der Waals surface area contributed by atoms with Gasteiger partial charge in [-0.2, -0.15) is 0 Å². The van der Waals surface area contributed by atoms with Crippen molar-refractivity contribution in [1.82, 2.24) is 10.2 Å². The summed E-state index contributed by atoms with van der Waals surface area (Å²) >= 11 is 0. The molecule has 0 aliphatic rings. The molecule has 2 amide bonds. The number of rotatable bonds is 9. The Hall–Kier alpha value is -3.79. The third kappa shape index (κ3) is 6.21. The summed E-state index contributed by atoms with van der Waals surface area (Å²) in [6, 6.07) is 16.7. The lowest BCUT2D eigenvalue weighted by atomic mass is 10.1. The minimum Gasteiger partial charge on any atom is -0.357 e. The molecule has 0 fully saturated rings. The summed E-state index contributed by atoms with van der Waals surface area (Å²) in [4.78, 5) is 27.0. The van der Waals surface area contributed by atoms with Crippen LogP contribution in [0.4, 0.5) is 14.5 Å². The molecule has 10 heteroatoms. The van der Waals surface area contributed by atoms with Gasteiger partial charge in [-0.1, -0.05) is 30.3 Å². The fourth-order valence-electron chi connectivity index (χ4n) is 3.43. The van der Waals surface area contributed by atoms with Gasteiger partial charge in [-0.3, -0.25) is 13.9 Å². The number of anilines is 1. The fraction of sp³-hybridized carbons (Fsp3) is 0.200. The number of hydrogen-bond acceptors (Lipinski definition) is 4. The van der Waals surface area contributed by atoms with Crippen LogP contribution in [0.25, 0.3) is 0 Å². The first kappa shape index (κ1) is 25.8. The Balaban J connectivity index is 2.00. The van der Waals surface area contributed by atoms with Crippen LogP contribution in [0.15, 0.2) is 83.8 Å². The molecule has 3 aromatic rings. The molecule has 1 atom stereocenters. The van der Waals surface area contributed by atoms with Crippen molar-refractivity contribution in [2.45, 2.75) is 24.4 Å². The number of nitrogens with one attached hydrogen (secondary N) is 1. The standard InChI is InChI=1S/C25H25F2N3O4S/c1-18(25(32)28-2)29(16-19-8-10-20(26)11-9-19)24(31)17-30(22-14-12-21(27)13-15-22)35(33,34)23-6-4-3-5-7-23/h3-15,18H,16-17H2,1-2H3,(H,28,32). The Kier molecular flexibility index (Phi) is 8.18. The minimum absolute atomic E-state index is 0.0541. The van der Waals surface area contributed by atoms with E-state index in [1.165, 1.54) is 67.4 Å². The summed E-state index contributed by atoms with van der Waals surface area (Å²) in [7, 11) is -2.79. The molecule has 0 heterocycles. The highest BCUT2D eigenvalue weighted by molar-refractivity contribution is 7.92. The molecule has 0 radical (unpaired) electrons. The van der Waals surface area contributed by atoms with Crippen LogP contribution in [0.3, 0.4) is 0 Å². The monoisotopic (exact) mass is 501 g/mol. The van der Waals surface area contributed by atoms with E-state index in [0.717, 1.165) is 16.4 Å². The third-order valence-corrected chi connectivity index (χ3v) is 7.19. The van der Waals surface area contributed by atoms with Gasteiger partial charge in [-0.05, 0) is 61.0 Å². The number of carbonyl (C=O) groups excluding carboxylic acids is 2. The maximum atomic E-state index is 13.6. The van der Waals surface area contributed by atoms with Gasteiger partial charge in [-0.15, -0.1) is 0 Å². The van der Waals surface area contributed by atoms with Crippen molar-refractivity contribution in [3.8, 4) is 0 Å². The number of hydrogen-bond donors (Lipinski definition) is 1. The largest absolute Gasteiger partial charge is 0.357 e. The number of likely N-dealkylation sites (N-methyl/N-ethyl adjacent to an activating group) is 1. The summed E-state index contributed by atoms with van der Waals surface area (Å²) in [5.41, 5.74) is 0.632. The molecule has 0 spiro atoms. The van der Waals surface area contributed by atoms with E-state index in [1.807, 2.05) is 0 Å². The Morgan fingerprint density at radius 1 is 0.886 bits per heavy atom. The maximum absolute atomic E-state index is 13.6. The van der Waals surface area contributed by atoms with Crippen molar-refractivity contribution in [2.24, 2.45) is 0 Å². The van der Waals surface area contributed by atoms with Crippen LogP contribution in [0.5, 0.6) is 0 Å². The number of benzene rings is 3. The van der Waals surface area contributed by atoms with Gasteiger partial charge in [0.15, 0.2) is 0 Å². The molecule has 1 unspecified atom stereocenters. The fourth-order valence-corrected chi connectivity index (χ4v) is 4.87. The normalized spacial score (nSPS) is 12.0. The van der Waals surface area contributed by atoms with E-state index in [4.69, 9.17) is 0 Å². The quantitative estimate of drug-likeness (QED) is 0.487. The summed E-state index contributed by atoms with van der Waals surface area (Å²) in [6.45, 7) is 0.802. The first-order valence-corrected chi connectivity index (χ1v) is 12.2. The van der Waals surface area contributed by atoms with Crippen molar-refractivity contribution >= 4 is 27.5 Å². The maximum Gasteiger partial charge on any atom is 0.264 e. The molecule has 0 aliphatic heterocycles. The van der Waals surface area contributed by atoms with Gasteiger partial charge >= 0.3 is 0 Å². The van der Waals surface area contributed by atoms with Gasteiger partial charge in [-0.25, -0.2) is 17.2 Å². The van der Waals surface area contributed by atoms with Gasteiger partial charge in [0.05, 0.1) is 10.6 Å². The van der Waals surface area contributed by atoms with Gasteiger partial charge in [0, 0.05) is 13.6 Å². The minimum atomic E-state index is -4.21. The average Bonchev–Trinajstić information content (AvgIpc) is 2.87. The molecule has 0 aromatic heterocycles. The zero-order valence-electron chi connectivity index (χ0n) is 19.2. The molecule has 0 saturated heterocycles. The molecular formula is C25H25F2N3O4S. The second-order valence-corrected chi connectivity index (χ2v) is 9.60. The van der Waals surface area contributed by atoms with Crippen LogP contribution in [-0.2, 0) is 26.2 Å². The second kappa shape index (κ2) is 11.1. The Bertz CT molecular complexity index is 1270. The Labute approximate surface area is 203 Å². The summed E-state index contributed by atoms with van der Waals surface area (Å²) in [5.74, 6) is -2.15. The van der Waals surface area contributed by atoms with E-state index in [-0.39, 0.29) is 17.1 Å². The number of carbonyl (C=O) groups is 2. The van der Waals surface area contributed by atoms with E-state index in [0.29, 0.717) is 5.56 Å². The third-order valence-electron chi connectivity index (χ3n) is 5.40. The zero-order valence-corrected chi connectivity index (χ0v) is 20.0. The van der Waals surface area contributed by atoms with Crippen LogP contribution in [0.2, 0.25) is 0 Å². The Morgan fingerprint density at radius 2 is 1.43 bits per heavy atom. The number of amides is 2. The van der Waals surface area contributed by atoms with Crippen molar-refractivity contribution in [3.63, 3.8) is 0 Å². The molecule has 3 aromatic carbocycles. The molecule has 0 bridgehead atoms. The molecular weight excluding hydrogens is 476 g/mol. The van der Waals surface area contributed by atoms with Gasteiger partial charge < -0.3 is 10.2 Å². The van der Waals surface area contributed by atoms with Gasteiger partial charge in [0.1, 0.15) is 24.2 Å². The van der Waals surface area contributed by atoms with E-state index in [1.54, 1.807) is 18.2 Å². The average molecular weight is 502 g/mol. The molecule has 0 aliphatic carbocycles. The van der Waals surface area contributed by atoms with E-state index in [2.05, 4.69) is 5.32 Å². The molecule has 3 rings (SSSR count). The summed E-state index contributed by atoms with van der Waals surface area (Å²) < 4.78 is 54.7. The number of sulfonamides is 1. The first-order chi connectivity index (χ1) is 16.6. The van der Waals surface area contributed by atoms with Crippen molar-refractivity contribution < 1.29 is 26.8 Å². The van der Waals surface area contributed by atoms with Gasteiger partial charge in [0.25, 0.3) is 10.0 Å². The predicted octanol–water partition coefficient (Wildman–Crippen LogP) is 3.32. The van der Waals surface area contributed by atoms with Crippen LogP contribution in [0, 0.1) is 11.6 Å². The molecule has 1 N–H and O–H groups in total. The first-order valence-electron chi connectivity index (χ1n) is 10.7. The van der Waals surface area contributed by atoms with Crippen molar-refractivity contribution in [2.75, 3.05) is 17.9 Å². The van der Waals surface area contributed by atoms with E-state index >= 15 is 0 Å².